The van der Waals surface area contributed by atoms with Crippen molar-refractivity contribution in [2.45, 2.75) is 142 Å². The summed E-state index contributed by atoms with van der Waals surface area (Å²) in [5.74, 6) is 0.0214. The number of amides is 2. The van der Waals surface area contributed by atoms with Gasteiger partial charge in [-0.1, -0.05) is 23.3 Å². The number of ketones is 7. The Morgan fingerprint density at radius 1 is 0.723 bits per heavy atom. The molecule has 3 heterocycles. The Morgan fingerprint density at radius 2 is 1.19 bits per heavy atom. The van der Waals surface area contributed by atoms with Gasteiger partial charge in [-0.2, -0.15) is 14.1 Å². The number of nitrogens with zero attached hydrogens (tertiary/aromatic N) is 7. The van der Waals surface area contributed by atoms with Gasteiger partial charge < -0.3 is 63.0 Å². The van der Waals surface area contributed by atoms with Crippen LogP contribution in [0.5, 0.6) is 6.01 Å². The number of Topliss-reactive ketones (excluding diaryl/α,β-unsaturated/α-hetero) is 7. The van der Waals surface area contributed by atoms with E-state index in [4.69, 9.17) is 31.8 Å². The van der Waals surface area contributed by atoms with E-state index in [1.54, 1.807) is 56.1 Å². The van der Waals surface area contributed by atoms with Gasteiger partial charge in [0.05, 0.1) is 43.1 Å². The Kier molecular flexibility index (Phi) is 46.2. The van der Waals surface area contributed by atoms with Crippen LogP contribution in [0.15, 0.2) is 17.8 Å². The number of oxime groups is 1. The van der Waals surface area contributed by atoms with E-state index in [9.17, 15) is 51.6 Å². The third-order valence-corrected chi connectivity index (χ3v) is 13.6. The summed E-state index contributed by atoms with van der Waals surface area (Å²) in [5, 5.41) is 35.3. The van der Waals surface area contributed by atoms with Crippen LogP contribution in [-0.4, -0.2) is 206 Å². The van der Waals surface area contributed by atoms with Gasteiger partial charge in [0.1, 0.15) is 46.0 Å². The van der Waals surface area contributed by atoms with Crippen molar-refractivity contribution in [1.29, 1.82) is 0 Å². The number of halogens is 1. The summed E-state index contributed by atoms with van der Waals surface area (Å²) in [7, 11) is 8.26. The van der Waals surface area contributed by atoms with E-state index in [0.717, 1.165) is 17.7 Å². The maximum absolute atomic E-state index is 11.6. The second kappa shape index (κ2) is 47.3. The number of ether oxygens (including phenoxy) is 1. The summed E-state index contributed by atoms with van der Waals surface area (Å²) < 4.78 is 33.8. The van der Waals surface area contributed by atoms with Crippen molar-refractivity contribution in [3.63, 3.8) is 0 Å². The van der Waals surface area contributed by atoms with Crippen LogP contribution in [0.4, 0.5) is 10.3 Å². The van der Waals surface area contributed by atoms with E-state index in [0.29, 0.717) is 72.5 Å². The lowest BCUT2D eigenvalue weighted by atomic mass is 10.1. The van der Waals surface area contributed by atoms with E-state index < -0.39 is 16.1 Å². The molecule has 83 heavy (non-hydrogen) atoms. The first kappa shape index (κ1) is 81.1. The molecular formula is C49H86ClN17O13S3. The standard InChI is InChI=1S/C10H16N4O2S.C9H16N4O2S.C9H16N2O2.C8H13N3O2.C7H11ClN2O2.C6H14N2O3S/c1-6(15)8(11-3)4-5-9(16)13-10-12-7(2)14-17-10;1-6(14)7(10-2)4-5-11-9-12-8(15-3)13-16-9;1-4-9(13)11-6-5-8(10-3)7(2)12;1-6(12)8(10-2)4-3-7(13)5-11-9;1-4(11)7(9-2)5-3-6(8)10-12-5;1-5(9)6(8-2)3-4-12(7,10)11/h8,11H,4-5H2,1-3H3,(H,12,13,14,16);7,10H,4-5H2,1-3H3,(H,11,12,13);4,8,10H,1,5-6H2,2-3H3,(H,11,13);5,8,10H,3-4H2,1-2H3;5,7,9H,3H2,1-2H3;6,8H,3-4H2,1-2H3,(H2,7,10,11). The zero-order valence-corrected chi connectivity index (χ0v) is 53.0. The minimum atomic E-state index is -3.46. The number of nitrogens with one attached hydrogen (secondary N) is 9. The number of rotatable bonds is 33. The van der Waals surface area contributed by atoms with E-state index >= 15 is 0 Å². The Hall–Kier alpha value is -6.10. The van der Waals surface area contributed by atoms with E-state index in [1.165, 1.54) is 59.3 Å². The largest absolute Gasteiger partial charge is 0.466 e. The van der Waals surface area contributed by atoms with Gasteiger partial charge in [-0.25, -0.2) is 18.5 Å². The SMILES string of the molecule is C=CC(=O)NCCC(NC)C(C)=O.CNC(C(C)=O)C1CC(Cl)=NO1.CNC(CCC(=O)C=[N+]=[N-])C(C)=O.CNC(CCC(=O)Nc1nc(C)ns1)C(C)=O.CNC(CCNc1nc(OC)ns1)C(C)=O.CNC(CCS(N)(=O)=O)C(C)=O. The van der Waals surface area contributed by atoms with Gasteiger partial charge >= 0.3 is 12.2 Å². The van der Waals surface area contributed by atoms with Gasteiger partial charge in [0.2, 0.25) is 37.9 Å². The summed E-state index contributed by atoms with van der Waals surface area (Å²) in [4.78, 5) is 115. The van der Waals surface area contributed by atoms with Crippen LogP contribution in [0.3, 0.4) is 0 Å². The van der Waals surface area contributed by atoms with Gasteiger partial charge in [0, 0.05) is 55.4 Å². The molecule has 11 N–H and O–H groups in total. The molecule has 1 aliphatic heterocycles. The third-order valence-electron chi connectivity index (χ3n) is 11.2. The number of carbonyl (C=O) groups excluding carboxylic acids is 9. The van der Waals surface area contributed by atoms with E-state index in [1.807, 2.05) is 0 Å². The summed E-state index contributed by atoms with van der Waals surface area (Å²) in [6.07, 6.45) is 5.25. The minimum Gasteiger partial charge on any atom is -0.466 e. The van der Waals surface area contributed by atoms with Crippen molar-refractivity contribution < 1.29 is 65.9 Å². The van der Waals surface area contributed by atoms with Crippen LogP contribution >= 0.6 is 34.7 Å². The van der Waals surface area contributed by atoms with Crippen molar-refractivity contribution >= 4 is 119 Å². The number of anilines is 2. The molecular weight excluding hydrogens is 1170 g/mol. The normalized spacial score (nSPS) is 14.1. The summed E-state index contributed by atoms with van der Waals surface area (Å²) >= 11 is 7.99. The highest BCUT2D eigenvalue weighted by Crippen LogP contribution is 2.17. The number of primary sulfonamides is 1. The predicted molar refractivity (Wildman–Crippen MR) is 320 cm³/mol. The number of hydrogen-bond donors (Lipinski definition) is 10. The van der Waals surface area contributed by atoms with Gasteiger partial charge in [0.25, 0.3) is 0 Å². The molecule has 0 aromatic carbocycles. The van der Waals surface area contributed by atoms with E-state index in [2.05, 4.69) is 83.1 Å². The first-order valence-electron chi connectivity index (χ1n) is 25.7. The summed E-state index contributed by atoms with van der Waals surface area (Å²) in [5.41, 5.74) is 8.03. The molecule has 7 atom stereocenters. The minimum absolute atomic E-state index is 0.00348. The lowest BCUT2D eigenvalue weighted by molar-refractivity contribution is -0.122. The van der Waals surface area contributed by atoms with Crippen LogP contribution in [0.25, 0.3) is 5.53 Å². The molecule has 0 aliphatic carbocycles. The van der Waals surface area contributed by atoms with Crippen LogP contribution in [-0.2, 0) is 58.0 Å². The van der Waals surface area contributed by atoms with Gasteiger partial charge in [-0.3, -0.25) is 43.2 Å². The molecule has 3 rings (SSSR count). The molecule has 0 saturated carbocycles. The maximum Gasteiger partial charge on any atom is 0.329 e. The van der Waals surface area contributed by atoms with Crippen molar-refractivity contribution in [2.75, 3.05) is 78.9 Å². The van der Waals surface area contributed by atoms with Crippen molar-refractivity contribution in [3.8, 4) is 6.01 Å². The number of sulfonamides is 1. The Morgan fingerprint density at radius 3 is 1.57 bits per heavy atom. The number of methoxy groups -OCH3 is 1. The number of nitrogens with two attached hydrogens (primary N) is 1. The highest BCUT2D eigenvalue weighted by Gasteiger charge is 2.31. The van der Waals surface area contributed by atoms with Crippen molar-refractivity contribution in [3.05, 3.63) is 24.0 Å². The number of aromatic nitrogens is 4. The number of aryl methyl sites for hydroxylation is 1. The first-order valence-corrected chi connectivity index (χ1v) is 29.4. The molecule has 0 bridgehead atoms. The van der Waals surface area contributed by atoms with Crippen LogP contribution in [0.2, 0.25) is 0 Å². The molecule has 0 fully saturated rings. The Labute approximate surface area is 499 Å². The monoisotopic (exact) mass is 1250 g/mol. The molecule has 470 valence electrons. The fourth-order valence-electron chi connectivity index (χ4n) is 6.55. The van der Waals surface area contributed by atoms with Gasteiger partial charge in [-0.15, -0.1) is 4.37 Å². The fourth-order valence-corrected chi connectivity index (χ4v) is 8.47. The lowest BCUT2D eigenvalue weighted by Crippen LogP contribution is -2.43. The van der Waals surface area contributed by atoms with Crippen LogP contribution in [0.1, 0.15) is 98.7 Å². The molecule has 34 heteroatoms. The molecule has 0 saturated heterocycles. The number of carbonyl (C=O) groups is 9. The predicted octanol–water partition coefficient (Wildman–Crippen LogP) is 0.284. The maximum atomic E-state index is 11.6. The van der Waals surface area contributed by atoms with Gasteiger partial charge in [-0.05, 0) is 129 Å². The molecule has 0 spiro atoms. The summed E-state index contributed by atoms with van der Waals surface area (Å²) in [6, 6.07) is -1.21. The molecule has 0 radical (unpaired) electrons. The Bertz CT molecular complexity index is 2530. The second-order valence-corrected chi connectivity index (χ2v) is 21.4. The highest BCUT2D eigenvalue weighted by atomic mass is 35.5. The molecule has 2 aromatic heterocycles. The van der Waals surface area contributed by atoms with Gasteiger partial charge in [0.15, 0.2) is 11.9 Å². The molecule has 2 amide bonds. The van der Waals surface area contributed by atoms with Crippen LogP contribution < -0.4 is 57.7 Å². The average Bonchev–Trinajstić information content (AvgIpc) is 4.23. The van der Waals surface area contributed by atoms with Crippen molar-refractivity contribution in [1.82, 2.24) is 55.9 Å². The lowest BCUT2D eigenvalue weighted by Gasteiger charge is -2.17. The fraction of sp³-hybridized carbons (Fsp3) is 0.653. The molecule has 2 aromatic rings. The molecule has 30 nitrogen and oxygen atoms in total. The summed E-state index contributed by atoms with van der Waals surface area (Å²) in [6.45, 7) is 15.2. The zero-order valence-electron chi connectivity index (χ0n) is 49.8. The molecule has 7 unspecified atom stereocenters. The smallest absolute Gasteiger partial charge is 0.329 e. The third kappa shape index (κ3) is 41.5. The zero-order chi connectivity index (χ0) is 64.3. The van der Waals surface area contributed by atoms with Crippen molar-refractivity contribution in [2.24, 2.45) is 10.3 Å². The second-order valence-electron chi connectivity index (χ2n) is 17.7. The first-order chi connectivity index (χ1) is 38.9. The number of likely N-dealkylation sites (N-methyl/N-ethyl adjacent to an activating group) is 6. The highest BCUT2D eigenvalue weighted by molar-refractivity contribution is 7.89. The molecule has 1 aliphatic rings. The average molecular weight is 1250 g/mol. The van der Waals surface area contributed by atoms with Crippen LogP contribution in [0, 0.1) is 6.92 Å². The quantitative estimate of drug-likeness (QED) is 0.0199. The Balaban J connectivity index is -0.000000931. The van der Waals surface area contributed by atoms with E-state index in [-0.39, 0.29) is 114 Å². The topological polar surface area (TPSA) is 441 Å². The number of hydrogen-bond acceptors (Lipinski definition) is 27.